The molecular formula is C36H40BN. The molecule has 0 unspecified atom stereocenters. The van der Waals surface area contributed by atoms with E-state index in [4.69, 9.17) is 0 Å². The largest absolute Gasteiger partial charge is 0.369 e. The van der Waals surface area contributed by atoms with Crippen LogP contribution in [0, 0.1) is 20.8 Å². The van der Waals surface area contributed by atoms with E-state index in [9.17, 15) is 0 Å². The summed E-state index contributed by atoms with van der Waals surface area (Å²) in [4.78, 5) is 0. The first kappa shape index (κ1) is 27.2. The summed E-state index contributed by atoms with van der Waals surface area (Å²) in [7, 11) is 0. The van der Waals surface area contributed by atoms with Crippen molar-refractivity contribution in [2.45, 2.75) is 40.0 Å². The molecule has 1 nitrogen and oxygen atoms in total. The zero-order valence-electron chi connectivity index (χ0n) is 23.5. The van der Waals surface area contributed by atoms with Crippen LogP contribution in [0.2, 0.25) is 0 Å². The van der Waals surface area contributed by atoms with Crippen LogP contribution in [0.5, 0.6) is 0 Å². The molecule has 0 saturated carbocycles. The molecule has 4 N–H and O–H groups in total. The van der Waals surface area contributed by atoms with Gasteiger partial charge in [0, 0.05) is 0 Å². The van der Waals surface area contributed by atoms with Crippen LogP contribution in [-0.2, 0) is 6.42 Å². The highest BCUT2D eigenvalue weighted by atomic mass is 14.2. The average Bonchev–Trinajstić information content (AvgIpc) is 2.96. The first-order chi connectivity index (χ1) is 18.0. The van der Waals surface area contributed by atoms with Crippen LogP contribution in [0.15, 0.2) is 127 Å². The van der Waals surface area contributed by atoms with Crippen LogP contribution in [-0.4, -0.2) is 6.15 Å². The fourth-order valence-corrected chi connectivity index (χ4v) is 6.20. The molecule has 0 radical (unpaired) electrons. The van der Waals surface area contributed by atoms with Crippen molar-refractivity contribution in [1.82, 2.24) is 6.15 Å². The lowest BCUT2D eigenvalue weighted by molar-refractivity contribution is 0.755. The number of benzene rings is 5. The predicted molar refractivity (Wildman–Crippen MR) is 169 cm³/mol. The smallest absolute Gasteiger partial charge is 0.108 e. The van der Waals surface area contributed by atoms with Crippen molar-refractivity contribution < 1.29 is 0 Å². The minimum Gasteiger partial charge on any atom is -0.369 e. The van der Waals surface area contributed by atoms with Gasteiger partial charge >= 0.3 is 0 Å². The average molecular weight is 498 g/mol. The van der Waals surface area contributed by atoms with Crippen molar-refractivity contribution in [3.63, 3.8) is 0 Å². The Hall–Kier alpha value is -3.88. The van der Waals surface area contributed by atoms with Gasteiger partial charge in [-0.1, -0.05) is 134 Å². The molecule has 5 aromatic carbocycles. The SMILES string of the molecule is Cc1ccc(C[C@H](C)c2cccc([B-](c3ccccc3)(c3ccccc3)c3ccccc3)c2)c(C)c1C.[NH4+]. The molecule has 0 amide bonds. The molecule has 38 heavy (non-hydrogen) atoms. The number of rotatable bonds is 7. The van der Waals surface area contributed by atoms with Crippen molar-refractivity contribution in [2.75, 3.05) is 0 Å². The zero-order valence-corrected chi connectivity index (χ0v) is 23.5. The van der Waals surface area contributed by atoms with E-state index in [0.29, 0.717) is 5.92 Å². The highest BCUT2D eigenvalue weighted by Crippen LogP contribution is 2.25. The molecule has 0 heterocycles. The minimum absolute atomic E-state index is 0. The quantitative estimate of drug-likeness (QED) is 0.243. The summed E-state index contributed by atoms with van der Waals surface area (Å²) in [6, 6.07) is 47.2. The molecule has 0 aliphatic rings. The van der Waals surface area contributed by atoms with Gasteiger partial charge in [0.2, 0.25) is 0 Å². The predicted octanol–water partition coefficient (Wildman–Crippen LogP) is 6.71. The van der Waals surface area contributed by atoms with Crippen LogP contribution < -0.4 is 28.0 Å². The summed E-state index contributed by atoms with van der Waals surface area (Å²) in [5.74, 6) is 0.413. The number of hydrogen-bond donors (Lipinski definition) is 1. The molecule has 1 atom stereocenters. The Labute approximate surface area is 229 Å². The molecule has 5 rings (SSSR count). The van der Waals surface area contributed by atoms with E-state index in [0.717, 1.165) is 6.42 Å². The van der Waals surface area contributed by atoms with E-state index in [1.165, 1.54) is 49.7 Å². The zero-order chi connectivity index (χ0) is 25.8. The maximum absolute atomic E-state index is 2.48. The van der Waals surface area contributed by atoms with E-state index in [1.807, 2.05) is 0 Å². The first-order valence-corrected chi connectivity index (χ1v) is 13.5. The highest BCUT2D eigenvalue weighted by Gasteiger charge is 2.31. The van der Waals surface area contributed by atoms with Crippen molar-refractivity contribution >= 4 is 28.0 Å². The molecule has 0 aromatic heterocycles. The van der Waals surface area contributed by atoms with Crippen LogP contribution in [0.3, 0.4) is 0 Å². The molecule has 0 spiro atoms. The van der Waals surface area contributed by atoms with Gasteiger partial charge in [-0.15, -0.1) is 0 Å². The number of aryl methyl sites for hydroxylation is 1. The third kappa shape index (κ3) is 4.97. The second-order valence-electron chi connectivity index (χ2n) is 10.7. The second kappa shape index (κ2) is 11.7. The molecule has 0 bridgehead atoms. The van der Waals surface area contributed by atoms with Gasteiger partial charge in [0.1, 0.15) is 6.15 Å². The number of quaternary nitrogens is 1. The van der Waals surface area contributed by atoms with Gasteiger partial charge in [-0.3, -0.25) is 0 Å². The Balaban J connectivity index is 0.00000336. The summed E-state index contributed by atoms with van der Waals surface area (Å²) >= 11 is 0. The summed E-state index contributed by atoms with van der Waals surface area (Å²) in [6.45, 7) is 9.10. The molecule has 0 aliphatic carbocycles. The van der Waals surface area contributed by atoms with E-state index >= 15 is 0 Å². The monoisotopic (exact) mass is 497 g/mol. The molecule has 5 aromatic rings. The molecule has 0 saturated heterocycles. The van der Waals surface area contributed by atoms with E-state index in [1.54, 1.807) is 0 Å². The first-order valence-electron chi connectivity index (χ1n) is 13.5. The summed E-state index contributed by atoms with van der Waals surface area (Å²) in [5.41, 5.74) is 12.5. The minimum atomic E-state index is -1.35. The van der Waals surface area contributed by atoms with Gasteiger partial charge in [-0.05, 0) is 60.9 Å². The summed E-state index contributed by atoms with van der Waals surface area (Å²) < 4.78 is 0. The molecule has 0 fully saturated rings. The van der Waals surface area contributed by atoms with Gasteiger partial charge in [0.05, 0.1) is 0 Å². The topological polar surface area (TPSA) is 36.5 Å². The Kier molecular flexibility index (Phi) is 8.34. The maximum Gasteiger partial charge on any atom is 0.108 e. The standard InChI is InChI=1S/C36H36B.H3N/c1-27-23-24-32(30(4)29(27)3)25-28(2)31-15-14-22-36(26-31)37(33-16-8-5-9-17-33,34-18-10-6-11-19-34)35-20-12-7-13-21-35;/h5-24,26,28H,25H2,1-4H3;1H3/q-1;/p+1/t28-;/m0./s1. The lowest BCUT2D eigenvalue weighted by atomic mass is 9.13. The lowest BCUT2D eigenvalue weighted by Crippen LogP contribution is -2.74. The van der Waals surface area contributed by atoms with Crippen LogP contribution in [0.4, 0.5) is 0 Å². The Morgan fingerprint density at radius 3 is 1.50 bits per heavy atom. The molecule has 0 aliphatic heterocycles. The molecule has 192 valence electrons. The van der Waals surface area contributed by atoms with Gasteiger partial charge in [-0.25, -0.2) is 0 Å². The summed E-state index contributed by atoms with van der Waals surface area (Å²) in [5, 5.41) is 0. The van der Waals surface area contributed by atoms with E-state index < -0.39 is 6.15 Å². The maximum atomic E-state index is 2.48. The van der Waals surface area contributed by atoms with Crippen molar-refractivity contribution in [2.24, 2.45) is 0 Å². The van der Waals surface area contributed by atoms with Gasteiger partial charge in [0.15, 0.2) is 0 Å². The molecular weight excluding hydrogens is 457 g/mol. The fraction of sp³-hybridized carbons (Fsp3) is 0.167. The molecule has 2 heteroatoms. The Bertz CT molecular complexity index is 1380. The van der Waals surface area contributed by atoms with E-state index in [2.05, 4.69) is 155 Å². The summed E-state index contributed by atoms with van der Waals surface area (Å²) in [6.07, 6.45) is -0.307. The van der Waals surface area contributed by atoms with Crippen molar-refractivity contribution in [3.8, 4) is 0 Å². The van der Waals surface area contributed by atoms with Crippen LogP contribution in [0.25, 0.3) is 0 Å². The fourth-order valence-electron chi connectivity index (χ4n) is 6.20. The highest BCUT2D eigenvalue weighted by molar-refractivity contribution is 7.19. The van der Waals surface area contributed by atoms with Gasteiger partial charge in [0.25, 0.3) is 0 Å². The van der Waals surface area contributed by atoms with Gasteiger partial charge < -0.3 is 6.15 Å². The van der Waals surface area contributed by atoms with Crippen molar-refractivity contribution in [1.29, 1.82) is 0 Å². The van der Waals surface area contributed by atoms with Crippen LogP contribution in [0.1, 0.15) is 40.7 Å². The Morgan fingerprint density at radius 2 is 1.00 bits per heavy atom. The third-order valence-electron chi connectivity index (χ3n) is 8.57. The third-order valence-corrected chi connectivity index (χ3v) is 8.57. The lowest BCUT2D eigenvalue weighted by Gasteiger charge is -2.44. The Morgan fingerprint density at radius 1 is 0.526 bits per heavy atom. The van der Waals surface area contributed by atoms with Crippen molar-refractivity contribution in [3.05, 3.63) is 155 Å². The van der Waals surface area contributed by atoms with E-state index in [-0.39, 0.29) is 6.15 Å². The number of hydrogen-bond acceptors (Lipinski definition) is 0. The normalized spacial score (nSPS) is 12.0. The van der Waals surface area contributed by atoms with Crippen LogP contribution >= 0.6 is 0 Å². The van der Waals surface area contributed by atoms with Gasteiger partial charge in [-0.2, -0.15) is 21.9 Å². The second-order valence-corrected chi connectivity index (χ2v) is 10.7.